The zero-order valence-corrected chi connectivity index (χ0v) is 14.7. The van der Waals surface area contributed by atoms with Crippen LogP contribution in [0.4, 0.5) is 0 Å². The molecule has 2 unspecified atom stereocenters. The van der Waals surface area contributed by atoms with Crippen LogP contribution in [-0.2, 0) is 16.0 Å². The second kappa shape index (κ2) is 8.12. The number of nitrogens with one attached hydrogen (secondary N) is 1. The molecule has 1 rings (SSSR count). The number of ether oxygens (including phenoxy) is 2. The van der Waals surface area contributed by atoms with Gasteiger partial charge < -0.3 is 14.8 Å². The van der Waals surface area contributed by atoms with E-state index in [2.05, 4.69) is 40.2 Å². The summed E-state index contributed by atoms with van der Waals surface area (Å²) >= 11 is 3.60. The lowest BCUT2D eigenvalue weighted by molar-refractivity contribution is -0.0569. The standard InChI is InChI=1S/C14H26BrN3O2/c1-6-14(3,20-7-2)13(16-4)12-11(15)10-17-18(12)8-9-19-5/h10,13,16H,6-9H2,1-5H3. The molecular formula is C14H26BrN3O2. The average molecular weight is 348 g/mol. The lowest BCUT2D eigenvalue weighted by atomic mass is 9.90. The predicted octanol–water partition coefficient (Wildman–Crippen LogP) is 2.76. The Bertz CT molecular complexity index is 411. The van der Waals surface area contributed by atoms with Crippen molar-refractivity contribution < 1.29 is 9.47 Å². The lowest BCUT2D eigenvalue weighted by Gasteiger charge is -2.37. The van der Waals surface area contributed by atoms with Crippen LogP contribution in [0.25, 0.3) is 0 Å². The van der Waals surface area contributed by atoms with Gasteiger partial charge in [0.15, 0.2) is 0 Å². The van der Waals surface area contributed by atoms with Gasteiger partial charge in [0, 0.05) is 13.7 Å². The topological polar surface area (TPSA) is 48.3 Å². The van der Waals surface area contributed by atoms with Crippen molar-refractivity contribution in [2.45, 2.75) is 45.4 Å². The first-order valence-corrected chi connectivity index (χ1v) is 7.84. The third kappa shape index (κ3) is 3.81. The minimum atomic E-state index is -0.281. The Kier molecular flexibility index (Phi) is 7.15. The molecule has 1 aromatic rings. The largest absolute Gasteiger partial charge is 0.383 e. The Morgan fingerprint density at radius 3 is 2.70 bits per heavy atom. The second-order valence-corrected chi connectivity index (χ2v) is 5.77. The number of aromatic nitrogens is 2. The number of likely N-dealkylation sites (N-methyl/N-ethyl adjacent to an activating group) is 1. The van der Waals surface area contributed by atoms with Crippen molar-refractivity contribution in [3.63, 3.8) is 0 Å². The highest BCUT2D eigenvalue weighted by Gasteiger charge is 2.36. The van der Waals surface area contributed by atoms with Crippen molar-refractivity contribution in [2.75, 3.05) is 27.4 Å². The van der Waals surface area contributed by atoms with Gasteiger partial charge in [0.1, 0.15) is 0 Å². The number of halogens is 1. The maximum Gasteiger partial charge on any atom is 0.0861 e. The van der Waals surface area contributed by atoms with Crippen LogP contribution >= 0.6 is 15.9 Å². The van der Waals surface area contributed by atoms with Crippen LogP contribution in [0.3, 0.4) is 0 Å². The number of hydrogen-bond acceptors (Lipinski definition) is 4. The molecule has 0 bridgehead atoms. The molecule has 0 radical (unpaired) electrons. The number of hydrogen-bond donors (Lipinski definition) is 1. The summed E-state index contributed by atoms with van der Waals surface area (Å²) in [7, 11) is 3.65. The summed E-state index contributed by atoms with van der Waals surface area (Å²) in [6, 6.07) is 0.0566. The van der Waals surface area contributed by atoms with Gasteiger partial charge in [-0.1, -0.05) is 6.92 Å². The molecule has 0 aromatic carbocycles. The summed E-state index contributed by atoms with van der Waals surface area (Å²) in [6.45, 7) is 8.35. The molecule has 0 aliphatic rings. The van der Waals surface area contributed by atoms with E-state index in [0.717, 1.165) is 23.1 Å². The highest BCUT2D eigenvalue weighted by atomic mass is 79.9. The van der Waals surface area contributed by atoms with E-state index < -0.39 is 0 Å². The van der Waals surface area contributed by atoms with Crippen molar-refractivity contribution in [1.29, 1.82) is 0 Å². The Labute approximate surface area is 130 Å². The molecule has 0 aliphatic carbocycles. The molecule has 0 aliphatic heterocycles. The van der Waals surface area contributed by atoms with Gasteiger partial charge in [-0.05, 0) is 43.2 Å². The summed E-state index contributed by atoms with van der Waals surface area (Å²) in [4.78, 5) is 0. The van der Waals surface area contributed by atoms with E-state index in [0.29, 0.717) is 13.2 Å². The van der Waals surface area contributed by atoms with Gasteiger partial charge in [0.25, 0.3) is 0 Å². The zero-order valence-electron chi connectivity index (χ0n) is 13.1. The van der Waals surface area contributed by atoms with E-state index in [4.69, 9.17) is 9.47 Å². The monoisotopic (exact) mass is 347 g/mol. The molecule has 0 saturated carbocycles. The fourth-order valence-electron chi connectivity index (χ4n) is 2.47. The molecule has 0 fully saturated rings. The number of nitrogens with zero attached hydrogens (tertiary/aromatic N) is 2. The molecule has 1 aromatic heterocycles. The smallest absolute Gasteiger partial charge is 0.0861 e. The van der Waals surface area contributed by atoms with E-state index in [1.54, 1.807) is 7.11 Å². The Morgan fingerprint density at radius 2 is 2.20 bits per heavy atom. The van der Waals surface area contributed by atoms with Crippen molar-refractivity contribution in [3.05, 3.63) is 16.4 Å². The highest BCUT2D eigenvalue weighted by molar-refractivity contribution is 9.10. The van der Waals surface area contributed by atoms with Crippen LogP contribution in [0.15, 0.2) is 10.7 Å². The van der Waals surface area contributed by atoms with Crippen molar-refractivity contribution >= 4 is 15.9 Å². The molecule has 20 heavy (non-hydrogen) atoms. The summed E-state index contributed by atoms with van der Waals surface area (Å²) in [5.74, 6) is 0. The lowest BCUT2D eigenvalue weighted by Crippen LogP contribution is -2.43. The number of rotatable bonds is 9. The summed E-state index contributed by atoms with van der Waals surface area (Å²) in [5, 5.41) is 7.81. The molecule has 0 saturated heterocycles. The van der Waals surface area contributed by atoms with Gasteiger partial charge in [0.2, 0.25) is 0 Å². The molecule has 116 valence electrons. The van der Waals surface area contributed by atoms with Crippen LogP contribution in [0.1, 0.15) is 38.9 Å². The van der Waals surface area contributed by atoms with Gasteiger partial charge in [0.05, 0.1) is 41.2 Å². The van der Waals surface area contributed by atoms with Crippen molar-refractivity contribution in [2.24, 2.45) is 0 Å². The quantitative estimate of drug-likeness (QED) is 0.746. The van der Waals surface area contributed by atoms with E-state index in [-0.39, 0.29) is 11.6 Å². The molecular weight excluding hydrogens is 322 g/mol. The molecule has 0 amide bonds. The highest BCUT2D eigenvalue weighted by Crippen LogP contribution is 2.35. The summed E-state index contributed by atoms with van der Waals surface area (Å²) in [5.41, 5.74) is 0.819. The fourth-order valence-corrected chi connectivity index (χ4v) is 2.99. The molecule has 1 N–H and O–H groups in total. The number of methoxy groups -OCH3 is 1. The van der Waals surface area contributed by atoms with Crippen molar-refractivity contribution in [3.8, 4) is 0 Å². The minimum Gasteiger partial charge on any atom is -0.383 e. The van der Waals surface area contributed by atoms with Gasteiger partial charge in [-0.15, -0.1) is 0 Å². The molecule has 1 heterocycles. The van der Waals surface area contributed by atoms with Gasteiger partial charge in [-0.2, -0.15) is 5.10 Å². The van der Waals surface area contributed by atoms with Crippen LogP contribution in [0.2, 0.25) is 0 Å². The van der Waals surface area contributed by atoms with Crippen LogP contribution < -0.4 is 5.32 Å². The third-order valence-corrected chi connectivity index (χ3v) is 4.30. The second-order valence-electron chi connectivity index (χ2n) is 4.91. The predicted molar refractivity (Wildman–Crippen MR) is 83.9 cm³/mol. The summed E-state index contributed by atoms with van der Waals surface area (Å²) < 4.78 is 14.1. The summed E-state index contributed by atoms with van der Waals surface area (Å²) in [6.07, 6.45) is 2.74. The van der Waals surface area contributed by atoms with Crippen LogP contribution in [-0.4, -0.2) is 42.8 Å². The van der Waals surface area contributed by atoms with E-state index in [1.807, 2.05) is 24.9 Å². The van der Waals surface area contributed by atoms with Crippen LogP contribution in [0, 0.1) is 0 Å². The first-order chi connectivity index (χ1) is 9.53. The van der Waals surface area contributed by atoms with Gasteiger partial charge >= 0.3 is 0 Å². The fraction of sp³-hybridized carbons (Fsp3) is 0.786. The van der Waals surface area contributed by atoms with Crippen LogP contribution in [0.5, 0.6) is 0 Å². The van der Waals surface area contributed by atoms with E-state index in [9.17, 15) is 0 Å². The Hall–Kier alpha value is -0.430. The maximum atomic E-state index is 6.01. The van der Waals surface area contributed by atoms with Crippen molar-refractivity contribution in [1.82, 2.24) is 15.1 Å². The normalized spacial score (nSPS) is 16.1. The minimum absolute atomic E-state index is 0.0566. The van der Waals surface area contributed by atoms with E-state index in [1.165, 1.54) is 0 Å². The van der Waals surface area contributed by atoms with Gasteiger partial charge in [-0.3, -0.25) is 4.68 Å². The Balaban J connectivity index is 3.13. The third-order valence-electron chi connectivity index (χ3n) is 3.69. The SMILES string of the molecule is CCOC(C)(CC)C(NC)c1c(Br)cnn1CCOC. The average Bonchev–Trinajstić information content (AvgIpc) is 2.79. The van der Waals surface area contributed by atoms with E-state index >= 15 is 0 Å². The first-order valence-electron chi connectivity index (χ1n) is 7.05. The molecule has 0 spiro atoms. The Morgan fingerprint density at radius 1 is 1.50 bits per heavy atom. The zero-order chi connectivity index (χ0) is 15.2. The first kappa shape index (κ1) is 17.6. The molecule has 6 heteroatoms. The van der Waals surface area contributed by atoms with Gasteiger partial charge in [-0.25, -0.2) is 0 Å². The molecule has 2 atom stereocenters. The molecule has 5 nitrogen and oxygen atoms in total. The maximum absolute atomic E-state index is 6.01.